The molecule has 0 spiro atoms. The molecule has 0 saturated heterocycles. The van der Waals surface area contributed by atoms with Crippen LogP contribution in [0.5, 0.6) is 0 Å². The Bertz CT molecular complexity index is 627. The highest BCUT2D eigenvalue weighted by Crippen LogP contribution is 2.40. The quantitative estimate of drug-likeness (QED) is 0.897. The van der Waals surface area contributed by atoms with Gasteiger partial charge in [0.15, 0.2) is 0 Å². The molecule has 0 amide bonds. The van der Waals surface area contributed by atoms with E-state index in [1.54, 1.807) is 0 Å². The predicted molar refractivity (Wildman–Crippen MR) is 90.7 cm³/mol. The van der Waals surface area contributed by atoms with E-state index in [1.165, 1.54) is 22.8 Å². The van der Waals surface area contributed by atoms with Crippen LogP contribution in [0.1, 0.15) is 38.7 Å². The Morgan fingerprint density at radius 3 is 2.73 bits per heavy atom. The van der Waals surface area contributed by atoms with E-state index in [0.29, 0.717) is 12.0 Å². The van der Waals surface area contributed by atoms with Crippen molar-refractivity contribution < 1.29 is 9.84 Å². The van der Waals surface area contributed by atoms with Crippen LogP contribution in [0.2, 0.25) is 0 Å². The van der Waals surface area contributed by atoms with Gasteiger partial charge in [0.25, 0.3) is 0 Å². The van der Waals surface area contributed by atoms with Gasteiger partial charge in [-0.2, -0.15) is 0 Å². The van der Waals surface area contributed by atoms with Crippen molar-refractivity contribution in [1.82, 2.24) is 0 Å². The molecule has 0 radical (unpaired) electrons. The smallest absolute Gasteiger partial charge is 0.0726 e. The summed E-state index contributed by atoms with van der Waals surface area (Å²) in [7, 11) is 0. The maximum absolute atomic E-state index is 9.68. The van der Waals surface area contributed by atoms with E-state index in [-0.39, 0.29) is 18.6 Å². The summed E-state index contributed by atoms with van der Waals surface area (Å²) in [6.45, 7) is 5.43. The zero-order chi connectivity index (χ0) is 15.6. The van der Waals surface area contributed by atoms with Gasteiger partial charge in [-0.3, -0.25) is 0 Å². The molecule has 118 valence electrons. The lowest BCUT2D eigenvalue weighted by molar-refractivity contribution is -0.0620. The van der Waals surface area contributed by atoms with Gasteiger partial charge in [-0.25, -0.2) is 0 Å². The molecule has 0 heterocycles. The number of hydrogen-bond donors (Lipinski definition) is 1. The summed E-state index contributed by atoms with van der Waals surface area (Å²) in [5.41, 5.74) is 1.56. The zero-order valence-corrected chi connectivity index (χ0v) is 13.6. The molecule has 1 saturated carbocycles. The SMILES string of the molecule is CC1(C)CC[C@H](OCc2cccc3ccccc23)[C@H](CO)C1. The Morgan fingerprint density at radius 1 is 1.14 bits per heavy atom. The summed E-state index contributed by atoms with van der Waals surface area (Å²) in [4.78, 5) is 0. The van der Waals surface area contributed by atoms with Crippen LogP contribution in [-0.4, -0.2) is 17.8 Å². The van der Waals surface area contributed by atoms with Gasteiger partial charge >= 0.3 is 0 Å². The van der Waals surface area contributed by atoms with Crippen molar-refractivity contribution in [2.45, 2.75) is 45.8 Å². The fraction of sp³-hybridized carbons (Fsp3) is 0.500. The van der Waals surface area contributed by atoms with Gasteiger partial charge in [-0.15, -0.1) is 0 Å². The minimum atomic E-state index is 0.178. The van der Waals surface area contributed by atoms with Gasteiger partial charge in [-0.1, -0.05) is 56.3 Å². The maximum Gasteiger partial charge on any atom is 0.0726 e. The van der Waals surface area contributed by atoms with Crippen molar-refractivity contribution in [3.8, 4) is 0 Å². The van der Waals surface area contributed by atoms with Crippen molar-refractivity contribution in [3.05, 3.63) is 48.0 Å². The second kappa shape index (κ2) is 6.39. The number of aliphatic hydroxyl groups excluding tert-OH is 1. The van der Waals surface area contributed by atoms with Crippen LogP contribution >= 0.6 is 0 Å². The van der Waals surface area contributed by atoms with E-state index in [1.807, 2.05) is 0 Å². The van der Waals surface area contributed by atoms with Crippen LogP contribution in [0.15, 0.2) is 42.5 Å². The number of hydrogen-bond acceptors (Lipinski definition) is 2. The molecule has 3 rings (SSSR count). The molecule has 0 unspecified atom stereocenters. The fourth-order valence-electron chi connectivity index (χ4n) is 3.73. The standard InChI is InChI=1S/C20H26O2/c1-20(2)11-10-19(17(12-20)13-21)22-14-16-8-5-7-15-6-3-4-9-18(15)16/h3-9,17,19,21H,10-14H2,1-2H3/t17-,19-/m0/s1. The van der Waals surface area contributed by atoms with Crippen LogP contribution in [0.25, 0.3) is 10.8 Å². The largest absolute Gasteiger partial charge is 0.396 e. The van der Waals surface area contributed by atoms with E-state index < -0.39 is 0 Å². The third-order valence-corrected chi connectivity index (χ3v) is 5.01. The average Bonchev–Trinajstić information content (AvgIpc) is 2.53. The Hall–Kier alpha value is -1.38. The summed E-state index contributed by atoms with van der Waals surface area (Å²) >= 11 is 0. The molecule has 2 aromatic carbocycles. The van der Waals surface area contributed by atoms with Crippen LogP contribution in [-0.2, 0) is 11.3 Å². The van der Waals surface area contributed by atoms with Gasteiger partial charge in [0, 0.05) is 12.5 Å². The van der Waals surface area contributed by atoms with Crippen molar-refractivity contribution in [2.75, 3.05) is 6.61 Å². The normalized spacial score (nSPS) is 24.5. The molecule has 2 heteroatoms. The van der Waals surface area contributed by atoms with Gasteiger partial charge in [0.1, 0.15) is 0 Å². The third-order valence-electron chi connectivity index (χ3n) is 5.01. The first-order valence-electron chi connectivity index (χ1n) is 8.28. The van der Waals surface area contributed by atoms with Gasteiger partial charge < -0.3 is 9.84 Å². The molecular weight excluding hydrogens is 272 g/mol. The first kappa shape index (κ1) is 15.5. The molecule has 0 bridgehead atoms. The first-order valence-corrected chi connectivity index (χ1v) is 8.28. The number of ether oxygens (including phenoxy) is 1. The monoisotopic (exact) mass is 298 g/mol. The lowest BCUT2D eigenvalue weighted by Gasteiger charge is -2.39. The molecule has 2 atom stereocenters. The van der Waals surface area contributed by atoms with Crippen LogP contribution in [0.4, 0.5) is 0 Å². The number of benzene rings is 2. The summed E-state index contributed by atoms with van der Waals surface area (Å²) in [6.07, 6.45) is 3.44. The minimum Gasteiger partial charge on any atom is -0.396 e. The van der Waals surface area contributed by atoms with Gasteiger partial charge in [0.05, 0.1) is 12.7 Å². The number of aliphatic hydroxyl groups is 1. The fourth-order valence-corrected chi connectivity index (χ4v) is 3.73. The molecular formula is C20H26O2. The summed E-state index contributed by atoms with van der Waals surface area (Å²) < 4.78 is 6.21. The highest BCUT2D eigenvalue weighted by molar-refractivity contribution is 5.85. The second-order valence-corrected chi connectivity index (χ2v) is 7.34. The Morgan fingerprint density at radius 2 is 1.91 bits per heavy atom. The van der Waals surface area contributed by atoms with Crippen molar-refractivity contribution in [3.63, 3.8) is 0 Å². The Labute approximate surface area is 133 Å². The highest BCUT2D eigenvalue weighted by Gasteiger charge is 2.35. The van der Waals surface area contributed by atoms with Gasteiger partial charge in [-0.05, 0) is 41.0 Å². The second-order valence-electron chi connectivity index (χ2n) is 7.34. The van der Waals surface area contributed by atoms with Crippen LogP contribution < -0.4 is 0 Å². The third kappa shape index (κ3) is 3.34. The average molecular weight is 298 g/mol. The Kier molecular flexibility index (Phi) is 4.51. The topological polar surface area (TPSA) is 29.5 Å². The van der Waals surface area contributed by atoms with Crippen LogP contribution in [0, 0.1) is 11.3 Å². The molecule has 0 aromatic heterocycles. The molecule has 1 N–H and O–H groups in total. The van der Waals surface area contributed by atoms with E-state index in [4.69, 9.17) is 4.74 Å². The number of rotatable bonds is 4. The molecule has 22 heavy (non-hydrogen) atoms. The number of fused-ring (bicyclic) bond motifs is 1. The van der Waals surface area contributed by atoms with Crippen molar-refractivity contribution in [1.29, 1.82) is 0 Å². The van der Waals surface area contributed by atoms with Crippen molar-refractivity contribution in [2.24, 2.45) is 11.3 Å². The highest BCUT2D eigenvalue weighted by atomic mass is 16.5. The lowest BCUT2D eigenvalue weighted by atomic mass is 9.71. The molecule has 1 fully saturated rings. The summed E-state index contributed by atoms with van der Waals surface area (Å²) in [5.74, 6) is 0.263. The molecule has 2 aromatic rings. The van der Waals surface area contributed by atoms with Crippen molar-refractivity contribution >= 4 is 10.8 Å². The summed E-state index contributed by atoms with van der Waals surface area (Å²) in [5, 5.41) is 12.2. The van der Waals surface area contributed by atoms with E-state index in [9.17, 15) is 5.11 Å². The summed E-state index contributed by atoms with van der Waals surface area (Å²) in [6, 6.07) is 14.8. The zero-order valence-electron chi connectivity index (χ0n) is 13.6. The van der Waals surface area contributed by atoms with E-state index in [2.05, 4.69) is 56.3 Å². The van der Waals surface area contributed by atoms with Gasteiger partial charge in [0.2, 0.25) is 0 Å². The minimum absolute atomic E-state index is 0.178. The molecule has 1 aliphatic rings. The molecule has 2 nitrogen and oxygen atoms in total. The van der Waals surface area contributed by atoms with E-state index in [0.717, 1.165) is 12.8 Å². The van der Waals surface area contributed by atoms with E-state index >= 15 is 0 Å². The Balaban J connectivity index is 1.71. The maximum atomic E-state index is 9.68. The molecule has 1 aliphatic carbocycles. The molecule has 0 aliphatic heterocycles. The first-order chi connectivity index (χ1) is 10.6. The predicted octanol–water partition coefficient (Wildman–Crippen LogP) is 4.54. The lowest BCUT2D eigenvalue weighted by Crippen LogP contribution is -2.37. The van der Waals surface area contributed by atoms with Crippen LogP contribution in [0.3, 0.4) is 0 Å².